The number of nitrogens with one attached hydrogen (secondary N) is 1. The number of rotatable bonds is 5. The van der Waals surface area contributed by atoms with Crippen molar-refractivity contribution in [3.63, 3.8) is 0 Å². The number of benzene rings is 2. The first-order valence-electron chi connectivity index (χ1n) is 8.03. The number of carbonyl (C=O) groups is 1. The predicted octanol–water partition coefficient (Wildman–Crippen LogP) is 5.13. The molecule has 6 heteroatoms. The summed E-state index contributed by atoms with van der Waals surface area (Å²) in [6.07, 6.45) is 2.77. The van der Waals surface area contributed by atoms with Crippen LogP contribution in [0, 0.1) is 0 Å². The Morgan fingerprint density at radius 1 is 1.23 bits per heavy atom. The lowest BCUT2D eigenvalue weighted by atomic mass is 10.1. The average molecular weight is 367 g/mol. The molecule has 0 saturated carbocycles. The van der Waals surface area contributed by atoms with Crippen LogP contribution in [0.15, 0.2) is 53.1 Å². The summed E-state index contributed by atoms with van der Waals surface area (Å²) >= 11 is 6.33. The number of furan rings is 1. The molecule has 1 N–H and O–H groups in total. The zero-order chi connectivity index (χ0) is 18.1. The van der Waals surface area contributed by atoms with E-state index < -0.39 is 0 Å². The van der Waals surface area contributed by atoms with E-state index in [2.05, 4.69) is 10.3 Å². The third kappa shape index (κ3) is 2.86. The number of hydrogen-bond donors (Lipinski definition) is 1. The summed E-state index contributed by atoms with van der Waals surface area (Å²) < 4.78 is 10.8. The van der Waals surface area contributed by atoms with Gasteiger partial charge in [0.15, 0.2) is 0 Å². The molecule has 0 unspecified atom stereocenters. The van der Waals surface area contributed by atoms with Crippen molar-refractivity contribution in [3.8, 4) is 5.75 Å². The van der Waals surface area contributed by atoms with E-state index in [1.165, 1.54) is 6.26 Å². The third-order valence-electron chi connectivity index (χ3n) is 4.22. The maximum atomic E-state index is 10.6. The Bertz CT molecular complexity index is 1100. The molecule has 0 bridgehead atoms. The number of aldehydes is 1. The summed E-state index contributed by atoms with van der Waals surface area (Å²) in [5.74, 6) is 0.714. The molecule has 0 aliphatic heterocycles. The highest BCUT2D eigenvalue weighted by Gasteiger charge is 2.16. The molecule has 0 radical (unpaired) electrons. The number of aromatic nitrogens is 1. The fourth-order valence-electron chi connectivity index (χ4n) is 2.92. The zero-order valence-corrected chi connectivity index (χ0v) is 14.7. The highest BCUT2D eigenvalue weighted by Crippen LogP contribution is 2.39. The molecule has 0 spiro atoms. The molecule has 2 aromatic carbocycles. The van der Waals surface area contributed by atoms with Gasteiger partial charge in [-0.3, -0.25) is 0 Å². The molecule has 0 atom stereocenters. The van der Waals surface area contributed by atoms with E-state index in [4.69, 9.17) is 20.8 Å². The lowest BCUT2D eigenvalue weighted by molar-refractivity contribution is -0.107. The van der Waals surface area contributed by atoms with Crippen molar-refractivity contribution in [2.24, 2.45) is 0 Å². The van der Waals surface area contributed by atoms with Crippen LogP contribution in [-0.4, -0.2) is 18.4 Å². The molecule has 0 amide bonds. The Hall–Kier alpha value is -3.05. The zero-order valence-electron chi connectivity index (χ0n) is 14.0. The van der Waals surface area contributed by atoms with Gasteiger partial charge in [0.25, 0.3) is 0 Å². The van der Waals surface area contributed by atoms with Crippen LogP contribution in [0.4, 0.5) is 11.4 Å². The second kappa shape index (κ2) is 6.69. The summed E-state index contributed by atoms with van der Waals surface area (Å²) in [7, 11) is 1.61. The Labute approximate surface area is 154 Å². The third-order valence-corrected chi connectivity index (χ3v) is 4.49. The van der Waals surface area contributed by atoms with Gasteiger partial charge in [0.1, 0.15) is 18.3 Å². The van der Waals surface area contributed by atoms with Gasteiger partial charge in [-0.05, 0) is 29.8 Å². The van der Waals surface area contributed by atoms with Crippen molar-refractivity contribution in [2.45, 2.75) is 6.42 Å². The summed E-state index contributed by atoms with van der Waals surface area (Å²) in [4.78, 5) is 15.2. The van der Waals surface area contributed by atoms with Crippen molar-refractivity contribution < 1.29 is 13.9 Å². The molecule has 130 valence electrons. The highest BCUT2D eigenvalue weighted by molar-refractivity contribution is 6.37. The van der Waals surface area contributed by atoms with Crippen molar-refractivity contribution in [2.75, 3.05) is 12.4 Å². The molecular weight excluding hydrogens is 352 g/mol. The van der Waals surface area contributed by atoms with Gasteiger partial charge in [-0.15, -0.1) is 0 Å². The average Bonchev–Trinajstić information content (AvgIpc) is 3.03. The molecular formula is C20H15ClN2O3. The van der Waals surface area contributed by atoms with E-state index in [0.29, 0.717) is 22.9 Å². The Morgan fingerprint density at radius 3 is 2.77 bits per heavy atom. The summed E-state index contributed by atoms with van der Waals surface area (Å²) in [6, 6.07) is 13.3. The van der Waals surface area contributed by atoms with Gasteiger partial charge in [0.2, 0.25) is 5.71 Å². The number of pyridine rings is 1. The first-order valence-corrected chi connectivity index (χ1v) is 8.41. The van der Waals surface area contributed by atoms with Crippen LogP contribution in [0.3, 0.4) is 0 Å². The second-order valence-corrected chi connectivity index (χ2v) is 6.23. The van der Waals surface area contributed by atoms with Crippen LogP contribution < -0.4 is 10.1 Å². The summed E-state index contributed by atoms with van der Waals surface area (Å²) in [5.41, 5.74) is 3.84. The number of ether oxygens (including phenoxy) is 1. The van der Waals surface area contributed by atoms with E-state index >= 15 is 0 Å². The van der Waals surface area contributed by atoms with Gasteiger partial charge >= 0.3 is 0 Å². The van der Waals surface area contributed by atoms with Crippen LogP contribution in [0.2, 0.25) is 5.02 Å². The number of anilines is 2. The molecule has 2 heterocycles. The van der Waals surface area contributed by atoms with Gasteiger partial charge < -0.3 is 19.3 Å². The van der Waals surface area contributed by atoms with E-state index in [1.807, 2.05) is 42.5 Å². The van der Waals surface area contributed by atoms with Crippen LogP contribution in [-0.2, 0) is 11.2 Å². The Kier molecular flexibility index (Phi) is 4.22. The number of methoxy groups -OCH3 is 1. The highest BCUT2D eigenvalue weighted by atomic mass is 35.5. The van der Waals surface area contributed by atoms with Gasteiger partial charge in [-0.25, -0.2) is 4.98 Å². The van der Waals surface area contributed by atoms with E-state index in [0.717, 1.165) is 39.5 Å². The van der Waals surface area contributed by atoms with Crippen molar-refractivity contribution in [1.82, 2.24) is 4.98 Å². The number of fused-ring (bicyclic) bond motifs is 2. The number of nitrogens with zero attached hydrogens (tertiary/aromatic N) is 1. The minimum absolute atomic E-state index is 0.399. The number of carbonyl (C=O) groups excluding carboxylic acids is 1. The first kappa shape index (κ1) is 16.4. The molecule has 0 fully saturated rings. The standard InChI is InChI=1S/C20H15ClN2O3/c1-25-14-6-7-15-17(10-14)23-20-18(16(21)11-26-20)19(15)22-13-4-2-12(3-5-13)8-9-24/h2-7,9-11H,8H2,1H3,(H,22,23). The summed E-state index contributed by atoms with van der Waals surface area (Å²) in [5, 5.41) is 5.53. The Balaban J connectivity index is 1.87. The molecule has 4 rings (SSSR count). The molecule has 0 saturated heterocycles. The number of hydrogen-bond acceptors (Lipinski definition) is 5. The topological polar surface area (TPSA) is 64.4 Å². The SMILES string of the molecule is COc1ccc2c(Nc3ccc(CC=O)cc3)c3c(Cl)coc3nc2c1. The van der Waals surface area contributed by atoms with Crippen LogP contribution in [0.5, 0.6) is 5.75 Å². The molecule has 26 heavy (non-hydrogen) atoms. The normalized spacial score (nSPS) is 11.0. The van der Waals surface area contributed by atoms with Crippen LogP contribution >= 0.6 is 11.6 Å². The van der Waals surface area contributed by atoms with Crippen LogP contribution in [0.1, 0.15) is 5.56 Å². The predicted molar refractivity (Wildman–Crippen MR) is 103 cm³/mol. The van der Waals surface area contributed by atoms with Gasteiger partial charge in [-0.2, -0.15) is 0 Å². The lowest BCUT2D eigenvalue weighted by Crippen LogP contribution is -1.95. The Morgan fingerprint density at radius 2 is 2.04 bits per heavy atom. The van der Waals surface area contributed by atoms with Gasteiger partial charge in [-0.1, -0.05) is 23.7 Å². The lowest BCUT2D eigenvalue weighted by Gasteiger charge is -2.12. The van der Waals surface area contributed by atoms with Crippen molar-refractivity contribution >= 4 is 51.3 Å². The van der Waals surface area contributed by atoms with E-state index in [1.54, 1.807) is 7.11 Å². The molecule has 2 aromatic heterocycles. The fourth-order valence-corrected chi connectivity index (χ4v) is 3.14. The molecule has 5 nitrogen and oxygen atoms in total. The van der Waals surface area contributed by atoms with Crippen molar-refractivity contribution in [3.05, 3.63) is 59.3 Å². The largest absolute Gasteiger partial charge is 0.497 e. The second-order valence-electron chi connectivity index (χ2n) is 5.83. The summed E-state index contributed by atoms with van der Waals surface area (Å²) in [6.45, 7) is 0. The molecule has 4 aromatic rings. The fraction of sp³-hybridized carbons (Fsp3) is 0.100. The van der Waals surface area contributed by atoms with E-state index in [9.17, 15) is 4.79 Å². The molecule has 0 aliphatic carbocycles. The minimum Gasteiger partial charge on any atom is -0.497 e. The monoisotopic (exact) mass is 366 g/mol. The van der Waals surface area contributed by atoms with Crippen molar-refractivity contribution in [1.29, 1.82) is 0 Å². The number of halogens is 1. The van der Waals surface area contributed by atoms with E-state index in [-0.39, 0.29) is 0 Å². The van der Waals surface area contributed by atoms with Crippen LogP contribution in [0.25, 0.3) is 22.0 Å². The van der Waals surface area contributed by atoms with Gasteiger partial charge in [0.05, 0.1) is 28.7 Å². The smallest absolute Gasteiger partial charge is 0.230 e. The minimum atomic E-state index is 0.399. The van der Waals surface area contributed by atoms with Gasteiger partial charge in [0, 0.05) is 23.6 Å². The quantitative estimate of drug-likeness (QED) is 0.496. The molecule has 0 aliphatic rings. The maximum Gasteiger partial charge on any atom is 0.230 e. The first-order chi connectivity index (χ1) is 12.7. The maximum absolute atomic E-state index is 10.6.